The fourth-order valence-corrected chi connectivity index (χ4v) is 3.58. The molecule has 0 saturated carbocycles. The van der Waals surface area contributed by atoms with Crippen LogP contribution in [0.2, 0.25) is 0 Å². The molecule has 0 aliphatic carbocycles. The number of carboxylic acid groups (broad SMARTS) is 1. The molecule has 3 nitrogen and oxygen atoms in total. The summed E-state index contributed by atoms with van der Waals surface area (Å²) in [4.78, 5) is 10.7. The van der Waals surface area contributed by atoms with Crippen LogP contribution in [0.3, 0.4) is 0 Å². The highest BCUT2D eigenvalue weighted by atomic mass is 16.4. The van der Waals surface area contributed by atoms with Gasteiger partial charge in [0.1, 0.15) is 7.05 Å². The zero-order valence-electron chi connectivity index (χ0n) is 15.0. The molecule has 0 bridgehead atoms. The van der Waals surface area contributed by atoms with Gasteiger partial charge in [0.15, 0.2) is 5.71 Å². The van der Waals surface area contributed by atoms with Crippen LogP contribution in [0.1, 0.15) is 30.5 Å². The third-order valence-corrected chi connectivity index (χ3v) is 4.95. The topological polar surface area (TPSA) is 40.3 Å². The van der Waals surface area contributed by atoms with Crippen LogP contribution in [-0.2, 0) is 23.1 Å². The molecule has 3 rings (SSSR count). The summed E-state index contributed by atoms with van der Waals surface area (Å²) in [7, 11) is 2.12. The van der Waals surface area contributed by atoms with Crippen LogP contribution >= 0.6 is 0 Å². The van der Waals surface area contributed by atoms with Crippen molar-refractivity contribution < 1.29 is 14.5 Å². The van der Waals surface area contributed by atoms with E-state index in [0.717, 1.165) is 12.0 Å². The largest absolute Gasteiger partial charge is 0.481 e. The van der Waals surface area contributed by atoms with Crippen molar-refractivity contribution in [2.24, 2.45) is 0 Å². The van der Waals surface area contributed by atoms with E-state index in [-0.39, 0.29) is 11.8 Å². The minimum absolute atomic E-state index is 0.00676. The van der Waals surface area contributed by atoms with E-state index in [0.29, 0.717) is 0 Å². The maximum Gasteiger partial charge on any atom is 0.307 e. The van der Waals surface area contributed by atoms with Gasteiger partial charge in [-0.25, -0.2) is 0 Å². The highest BCUT2D eigenvalue weighted by Gasteiger charge is 2.42. The van der Waals surface area contributed by atoms with Gasteiger partial charge in [-0.3, -0.25) is 4.79 Å². The number of nitrogens with zero attached hydrogens (tertiary/aromatic N) is 1. The highest BCUT2D eigenvalue weighted by molar-refractivity contribution is 6.02. The van der Waals surface area contributed by atoms with Crippen LogP contribution in [0.5, 0.6) is 0 Å². The number of para-hydroxylation sites is 1. The summed E-state index contributed by atoms with van der Waals surface area (Å²) in [5, 5.41) is 8.83. The van der Waals surface area contributed by atoms with Gasteiger partial charge in [-0.15, -0.1) is 0 Å². The first-order valence-electron chi connectivity index (χ1n) is 8.56. The Balaban J connectivity index is 1.75. The number of aliphatic carboxylic acids is 1. The van der Waals surface area contributed by atoms with E-state index in [2.05, 4.69) is 61.9 Å². The molecule has 1 aliphatic rings. The summed E-state index contributed by atoms with van der Waals surface area (Å²) in [6.45, 7) is 4.52. The molecule has 2 aromatic rings. The molecule has 1 heterocycles. The molecule has 25 heavy (non-hydrogen) atoms. The van der Waals surface area contributed by atoms with Gasteiger partial charge in [0.05, 0.1) is 11.8 Å². The summed E-state index contributed by atoms with van der Waals surface area (Å²) < 4.78 is 2.27. The average molecular weight is 334 g/mol. The molecule has 0 atom stereocenters. The minimum atomic E-state index is -0.796. The first kappa shape index (κ1) is 17.2. The Morgan fingerprint density at radius 2 is 1.72 bits per heavy atom. The summed E-state index contributed by atoms with van der Waals surface area (Å²) in [5.41, 5.74) is 5.92. The van der Waals surface area contributed by atoms with Crippen LogP contribution in [0, 0.1) is 0 Å². The molecular weight excluding hydrogens is 310 g/mol. The lowest BCUT2D eigenvalue weighted by molar-refractivity contribution is -0.401. The summed E-state index contributed by atoms with van der Waals surface area (Å²) in [6.07, 6.45) is 5.30. The number of carbonyl (C=O) groups is 1. The number of benzene rings is 2. The van der Waals surface area contributed by atoms with Crippen LogP contribution in [-0.4, -0.2) is 28.4 Å². The Hall–Kier alpha value is -2.68. The van der Waals surface area contributed by atoms with E-state index in [1.165, 1.54) is 22.5 Å². The highest BCUT2D eigenvalue weighted by Crippen LogP contribution is 2.38. The van der Waals surface area contributed by atoms with Crippen molar-refractivity contribution >= 4 is 17.4 Å². The maximum absolute atomic E-state index is 10.7. The van der Waals surface area contributed by atoms with Crippen molar-refractivity contribution in [2.45, 2.75) is 32.1 Å². The molecule has 1 aliphatic heterocycles. The molecule has 0 saturated heterocycles. The molecule has 2 aromatic carbocycles. The maximum atomic E-state index is 10.7. The van der Waals surface area contributed by atoms with E-state index >= 15 is 0 Å². The lowest BCUT2D eigenvalue weighted by Crippen LogP contribution is -2.26. The van der Waals surface area contributed by atoms with Gasteiger partial charge in [-0.1, -0.05) is 48.5 Å². The second-order valence-corrected chi connectivity index (χ2v) is 7.08. The number of fused-ring (bicyclic) bond motifs is 1. The molecule has 0 unspecified atom stereocenters. The van der Waals surface area contributed by atoms with Crippen molar-refractivity contribution in [3.05, 3.63) is 77.4 Å². The zero-order chi connectivity index (χ0) is 18.0. The predicted octanol–water partition coefficient (Wildman–Crippen LogP) is 4.12. The third-order valence-electron chi connectivity index (χ3n) is 4.95. The summed E-state index contributed by atoms with van der Waals surface area (Å²) in [6, 6.07) is 16.3. The normalized spacial score (nSPS) is 15.6. The lowest BCUT2D eigenvalue weighted by Gasteiger charge is -2.15. The van der Waals surface area contributed by atoms with Gasteiger partial charge < -0.3 is 5.11 Å². The second kappa shape index (κ2) is 6.67. The van der Waals surface area contributed by atoms with Crippen LogP contribution in [0.4, 0.5) is 5.69 Å². The molecule has 3 heteroatoms. The summed E-state index contributed by atoms with van der Waals surface area (Å²) in [5.74, 6) is -0.796. The number of allylic oxidation sites excluding steroid dienone is 2. The minimum Gasteiger partial charge on any atom is -0.481 e. The van der Waals surface area contributed by atoms with E-state index < -0.39 is 5.97 Å². The Labute approximate surface area is 149 Å². The van der Waals surface area contributed by atoms with Crippen LogP contribution in [0.15, 0.2) is 60.7 Å². The Bertz CT molecular complexity index is 858. The van der Waals surface area contributed by atoms with Gasteiger partial charge in [0, 0.05) is 17.7 Å². The molecule has 0 fully saturated rings. The Kier molecular flexibility index (Phi) is 4.58. The standard InChI is InChI=1S/C22H23NO2/c1-22(2)18-8-4-5-9-19(18)23(3)20(22)10-6-7-16-11-13-17(14-12-16)15-21(24)25/h4-6,8-14H,7,15H2,1-3H3/p+1/b10-6+. The first-order valence-corrected chi connectivity index (χ1v) is 8.56. The third kappa shape index (κ3) is 3.41. The zero-order valence-corrected chi connectivity index (χ0v) is 15.0. The van der Waals surface area contributed by atoms with E-state index in [1.807, 2.05) is 24.3 Å². The van der Waals surface area contributed by atoms with E-state index in [1.54, 1.807) is 0 Å². The van der Waals surface area contributed by atoms with Gasteiger partial charge in [-0.05, 0) is 31.4 Å². The molecule has 1 N–H and O–H groups in total. The Morgan fingerprint density at radius 3 is 2.36 bits per heavy atom. The lowest BCUT2D eigenvalue weighted by atomic mass is 9.81. The monoisotopic (exact) mass is 334 g/mol. The fraction of sp³-hybridized carbons (Fsp3) is 0.273. The van der Waals surface area contributed by atoms with E-state index in [4.69, 9.17) is 5.11 Å². The summed E-state index contributed by atoms with van der Waals surface area (Å²) >= 11 is 0. The van der Waals surface area contributed by atoms with Gasteiger partial charge in [0.2, 0.25) is 5.69 Å². The smallest absolute Gasteiger partial charge is 0.307 e. The molecule has 128 valence electrons. The molecule has 0 aromatic heterocycles. The molecule has 0 spiro atoms. The first-order chi connectivity index (χ1) is 11.9. The second-order valence-electron chi connectivity index (χ2n) is 7.08. The number of hydrogen-bond acceptors (Lipinski definition) is 1. The van der Waals surface area contributed by atoms with E-state index in [9.17, 15) is 4.79 Å². The van der Waals surface area contributed by atoms with Crippen molar-refractivity contribution in [3.8, 4) is 0 Å². The number of carboxylic acids is 1. The number of rotatable bonds is 5. The fourth-order valence-electron chi connectivity index (χ4n) is 3.58. The molecule has 0 amide bonds. The Morgan fingerprint density at radius 1 is 1.08 bits per heavy atom. The van der Waals surface area contributed by atoms with Crippen molar-refractivity contribution in [1.82, 2.24) is 0 Å². The molecule has 0 radical (unpaired) electrons. The van der Waals surface area contributed by atoms with Crippen LogP contribution in [0.25, 0.3) is 0 Å². The SMILES string of the molecule is C[N+]1=C(/C=C/Cc2ccc(CC(=O)O)cc2)C(C)(C)c2ccccc21. The quantitative estimate of drug-likeness (QED) is 0.836. The number of hydrogen-bond donors (Lipinski definition) is 1. The molecular formula is C22H24NO2+. The van der Waals surface area contributed by atoms with Gasteiger partial charge in [-0.2, -0.15) is 4.58 Å². The van der Waals surface area contributed by atoms with Gasteiger partial charge in [0.25, 0.3) is 0 Å². The van der Waals surface area contributed by atoms with Crippen molar-refractivity contribution in [2.75, 3.05) is 7.05 Å². The van der Waals surface area contributed by atoms with Crippen molar-refractivity contribution in [1.29, 1.82) is 0 Å². The average Bonchev–Trinajstić information content (AvgIpc) is 2.77. The van der Waals surface area contributed by atoms with Crippen molar-refractivity contribution in [3.63, 3.8) is 0 Å². The van der Waals surface area contributed by atoms with Gasteiger partial charge >= 0.3 is 5.97 Å². The predicted molar refractivity (Wildman–Crippen MR) is 101 cm³/mol. The van der Waals surface area contributed by atoms with Crippen LogP contribution < -0.4 is 0 Å².